The molecule has 0 aliphatic heterocycles. The summed E-state index contributed by atoms with van der Waals surface area (Å²) in [6.45, 7) is 4.61. The van der Waals surface area contributed by atoms with Crippen LogP contribution in [0.3, 0.4) is 0 Å². The van der Waals surface area contributed by atoms with Crippen LogP contribution in [0.1, 0.15) is 101 Å². The van der Waals surface area contributed by atoms with Gasteiger partial charge >= 0.3 is 0 Å². The van der Waals surface area contributed by atoms with Crippen molar-refractivity contribution in [2.45, 2.75) is 89.9 Å². The zero-order chi connectivity index (χ0) is 20.2. The predicted molar refractivity (Wildman–Crippen MR) is 122 cm³/mol. The third-order valence-corrected chi connectivity index (χ3v) is 8.01. The molecule has 0 amide bonds. The fourth-order valence-electron chi connectivity index (χ4n) is 5.76. The lowest BCUT2D eigenvalue weighted by molar-refractivity contribution is 0.318. The quantitative estimate of drug-likeness (QED) is 0.476. The topological polar surface area (TPSA) is 0 Å². The molecule has 0 unspecified atom stereocenters. The number of rotatable bonds is 5. The van der Waals surface area contributed by atoms with Gasteiger partial charge in [-0.15, -0.1) is 0 Å². The van der Waals surface area contributed by atoms with Gasteiger partial charge in [0.05, 0.1) is 0 Å². The SMILES string of the molecule is CC[C@H]1CC[C@H](c2ccc(-c3ccc([C@H]4CC[C@H](CC)CC4)cc3F)cc2)CC1. The molecule has 29 heavy (non-hydrogen) atoms. The van der Waals surface area contributed by atoms with Crippen molar-refractivity contribution in [3.05, 3.63) is 59.4 Å². The van der Waals surface area contributed by atoms with Gasteiger partial charge in [0.1, 0.15) is 5.82 Å². The van der Waals surface area contributed by atoms with Gasteiger partial charge in [-0.25, -0.2) is 4.39 Å². The summed E-state index contributed by atoms with van der Waals surface area (Å²) >= 11 is 0. The Hall–Kier alpha value is -1.63. The van der Waals surface area contributed by atoms with Gasteiger partial charge in [0.2, 0.25) is 0 Å². The van der Waals surface area contributed by atoms with E-state index in [2.05, 4.69) is 44.2 Å². The van der Waals surface area contributed by atoms with Crippen molar-refractivity contribution >= 4 is 0 Å². The van der Waals surface area contributed by atoms with Crippen LogP contribution < -0.4 is 0 Å². The van der Waals surface area contributed by atoms with Crippen LogP contribution >= 0.6 is 0 Å². The van der Waals surface area contributed by atoms with E-state index < -0.39 is 0 Å². The zero-order valence-electron chi connectivity index (χ0n) is 18.3. The predicted octanol–water partition coefficient (Wildman–Crippen LogP) is 8.86. The maximum atomic E-state index is 15.0. The maximum Gasteiger partial charge on any atom is 0.131 e. The lowest BCUT2D eigenvalue weighted by atomic mass is 9.77. The van der Waals surface area contributed by atoms with Crippen LogP contribution in [-0.4, -0.2) is 0 Å². The highest BCUT2D eigenvalue weighted by Gasteiger charge is 2.23. The second kappa shape index (κ2) is 9.45. The summed E-state index contributed by atoms with van der Waals surface area (Å²) in [5.41, 5.74) is 4.39. The highest BCUT2D eigenvalue weighted by molar-refractivity contribution is 5.65. The van der Waals surface area contributed by atoms with Crippen LogP contribution in [0.5, 0.6) is 0 Å². The van der Waals surface area contributed by atoms with Crippen LogP contribution in [0.15, 0.2) is 42.5 Å². The lowest BCUT2D eigenvalue weighted by Gasteiger charge is -2.28. The fourth-order valence-corrected chi connectivity index (χ4v) is 5.76. The largest absolute Gasteiger partial charge is 0.206 e. The molecule has 2 aliphatic carbocycles. The van der Waals surface area contributed by atoms with Gasteiger partial charge in [-0.1, -0.05) is 63.1 Å². The minimum atomic E-state index is -0.0590. The molecule has 2 aromatic carbocycles. The Kier molecular flexibility index (Phi) is 6.73. The summed E-state index contributed by atoms with van der Waals surface area (Å²) in [6, 6.07) is 14.7. The van der Waals surface area contributed by atoms with Gasteiger partial charge < -0.3 is 0 Å². The van der Waals surface area contributed by atoms with Gasteiger partial charge in [-0.2, -0.15) is 0 Å². The molecule has 0 spiro atoms. The van der Waals surface area contributed by atoms with Crippen molar-refractivity contribution in [1.29, 1.82) is 0 Å². The van der Waals surface area contributed by atoms with Crippen molar-refractivity contribution in [3.8, 4) is 11.1 Å². The summed E-state index contributed by atoms with van der Waals surface area (Å²) in [4.78, 5) is 0. The van der Waals surface area contributed by atoms with Crippen molar-refractivity contribution in [2.75, 3.05) is 0 Å². The van der Waals surface area contributed by atoms with Crippen LogP contribution in [0.25, 0.3) is 11.1 Å². The molecular formula is C28H37F. The van der Waals surface area contributed by atoms with Gasteiger partial charge in [0.25, 0.3) is 0 Å². The van der Waals surface area contributed by atoms with Crippen molar-refractivity contribution in [3.63, 3.8) is 0 Å². The first-order chi connectivity index (χ1) is 14.2. The average Bonchev–Trinajstić information content (AvgIpc) is 2.79. The Labute approximate surface area is 176 Å². The molecule has 0 heterocycles. The molecule has 0 N–H and O–H groups in total. The first kappa shape index (κ1) is 20.6. The molecule has 4 rings (SSSR count). The first-order valence-electron chi connectivity index (χ1n) is 12.1. The third-order valence-electron chi connectivity index (χ3n) is 8.01. The van der Waals surface area contributed by atoms with E-state index in [9.17, 15) is 4.39 Å². The van der Waals surface area contributed by atoms with Gasteiger partial charge in [0, 0.05) is 5.56 Å². The van der Waals surface area contributed by atoms with E-state index in [-0.39, 0.29) is 5.82 Å². The van der Waals surface area contributed by atoms with Gasteiger partial charge in [-0.05, 0) is 97.8 Å². The Morgan fingerprint density at radius 2 is 1.14 bits per heavy atom. The molecule has 0 bridgehead atoms. The Bertz CT molecular complexity index is 774. The lowest BCUT2D eigenvalue weighted by Crippen LogP contribution is -2.13. The average molecular weight is 393 g/mol. The van der Waals surface area contributed by atoms with E-state index in [4.69, 9.17) is 0 Å². The van der Waals surface area contributed by atoms with Crippen molar-refractivity contribution < 1.29 is 4.39 Å². The minimum absolute atomic E-state index is 0.0590. The Morgan fingerprint density at radius 1 is 0.655 bits per heavy atom. The molecule has 156 valence electrons. The molecule has 0 saturated heterocycles. The van der Waals surface area contributed by atoms with Gasteiger partial charge in [-0.3, -0.25) is 0 Å². The van der Waals surface area contributed by atoms with E-state index in [1.54, 1.807) is 0 Å². The summed E-state index contributed by atoms with van der Waals surface area (Å²) in [5, 5.41) is 0. The molecule has 0 aromatic heterocycles. The minimum Gasteiger partial charge on any atom is -0.206 e. The number of hydrogen-bond acceptors (Lipinski definition) is 0. The molecule has 2 aromatic rings. The third kappa shape index (κ3) is 4.76. The summed E-state index contributed by atoms with van der Waals surface area (Å²) in [6.07, 6.45) is 13.0. The summed E-state index contributed by atoms with van der Waals surface area (Å²) < 4.78 is 15.0. The Morgan fingerprint density at radius 3 is 1.62 bits per heavy atom. The smallest absolute Gasteiger partial charge is 0.131 e. The van der Waals surface area contributed by atoms with Crippen LogP contribution in [0.2, 0.25) is 0 Å². The first-order valence-corrected chi connectivity index (χ1v) is 12.1. The van der Waals surface area contributed by atoms with Crippen LogP contribution in [-0.2, 0) is 0 Å². The number of hydrogen-bond donors (Lipinski definition) is 0. The highest BCUT2D eigenvalue weighted by Crippen LogP contribution is 2.39. The normalized spacial score (nSPS) is 27.7. The monoisotopic (exact) mass is 392 g/mol. The van der Waals surface area contributed by atoms with Gasteiger partial charge in [0.15, 0.2) is 0 Å². The molecule has 0 nitrogen and oxygen atoms in total. The van der Waals surface area contributed by atoms with Crippen molar-refractivity contribution in [1.82, 2.24) is 0 Å². The molecule has 2 aliphatic rings. The second-order valence-electron chi connectivity index (χ2n) is 9.61. The summed E-state index contributed by atoms with van der Waals surface area (Å²) in [7, 11) is 0. The standard InChI is InChI=1S/C28H37F/c1-3-20-5-9-22(10-6-20)23-13-15-25(16-14-23)27-18-17-26(19-28(27)29)24-11-7-21(4-2)8-12-24/h13-22,24H,3-12H2,1-2H3/t20-,21-,22-,24-. The second-order valence-corrected chi connectivity index (χ2v) is 9.61. The number of benzene rings is 2. The van der Waals surface area contributed by atoms with E-state index >= 15 is 0 Å². The van der Waals surface area contributed by atoms with Crippen LogP contribution in [0.4, 0.5) is 4.39 Å². The zero-order valence-corrected chi connectivity index (χ0v) is 18.3. The number of halogens is 1. The van der Waals surface area contributed by atoms with Crippen LogP contribution in [0, 0.1) is 17.7 Å². The molecule has 0 radical (unpaired) electrons. The molecule has 0 atom stereocenters. The summed E-state index contributed by atoms with van der Waals surface area (Å²) in [5.74, 6) is 2.98. The fraction of sp³-hybridized carbons (Fsp3) is 0.571. The maximum absolute atomic E-state index is 15.0. The van der Waals surface area contributed by atoms with E-state index in [1.165, 1.54) is 75.3 Å². The molecular weight excluding hydrogens is 355 g/mol. The van der Waals surface area contributed by atoms with Crippen molar-refractivity contribution in [2.24, 2.45) is 11.8 Å². The van der Waals surface area contributed by atoms with E-state index in [0.29, 0.717) is 11.8 Å². The molecule has 1 heteroatoms. The molecule has 2 fully saturated rings. The Balaban J connectivity index is 1.43. The van der Waals surface area contributed by atoms with E-state index in [0.717, 1.165) is 23.0 Å². The van der Waals surface area contributed by atoms with E-state index in [1.807, 2.05) is 12.1 Å². The molecule has 2 saturated carbocycles. The highest BCUT2D eigenvalue weighted by atomic mass is 19.1.